The molecule has 0 unspecified atom stereocenters. The number of amides is 4. The second kappa shape index (κ2) is 15.2. The molecule has 1 saturated heterocycles. The van der Waals surface area contributed by atoms with E-state index in [0.717, 1.165) is 16.7 Å². The summed E-state index contributed by atoms with van der Waals surface area (Å²) in [4.78, 5) is 54.9. The van der Waals surface area contributed by atoms with Gasteiger partial charge in [-0.1, -0.05) is 78.9 Å². The van der Waals surface area contributed by atoms with Crippen LogP contribution in [0.25, 0.3) is 11.1 Å². The van der Waals surface area contributed by atoms with Crippen LogP contribution in [0.2, 0.25) is 0 Å². The van der Waals surface area contributed by atoms with E-state index in [9.17, 15) is 19.2 Å². The van der Waals surface area contributed by atoms with Crippen molar-refractivity contribution in [3.8, 4) is 22.6 Å². The standard InChI is InChI=1S/C37H36N4O7/c42-34-32-17-8-7-16-31(32)26-12-9-15-30(20-26)46-24-28-21-27(39-37(45)48-29-13-5-2-6-14-29)22-41(28)35(43)33(18-19-38-34)40-36(44)47-23-25-10-3-1-4-11-25/h1-17,20,27-28,33H,18-19,21-24H2,(H,38,42)(H,39,45)(H,40,44)/t27-,28-,33+/m0/s1. The smallest absolute Gasteiger partial charge is 0.412 e. The van der Waals surface area contributed by atoms with Crippen molar-refractivity contribution in [2.24, 2.45) is 0 Å². The number of carbonyl (C=O) groups is 4. The fourth-order valence-electron chi connectivity index (χ4n) is 5.91. The van der Waals surface area contributed by atoms with E-state index in [0.29, 0.717) is 23.5 Å². The van der Waals surface area contributed by atoms with E-state index in [4.69, 9.17) is 14.2 Å². The van der Waals surface area contributed by atoms with Gasteiger partial charge in [0, 0.05) is 18.7 Å². The summed E-state index contributed by atoms with van der Waals surface area (Å²) in [5.74, 6) is 0.247. The fourth-order valence-corrected chi connectivity index (χ4v) is 5.91. The Morgan fingerprint density at radius 3 is 2.35 bits per heavy atom. The third-order valence-electron chi connectivity index (χ3n) is 8.25. The Balaban J connectivity index is 1.24. The van der Waals surface area contributed by atoms with Crippen molar-refractivity contribution in [3.63, 3.8) is 0 Å². The number of carbonyl (C=O) groups excluding carboxylic acids is 4. The molecule has 2 aliphatic rings. The maximum Gasteiger partial charge on any atom is 0.412 e. The zero-order chi connectivity index (χ0) is 33.3. The van der Waals surface area contributed by atoms with Crippen LogP contribution >= 0.6 is 0 Å². The van der Waals surface area contributed by atoms with Crippen LogP contribution in [-0.2, 0) is 16.1 Å². The van der Waals surface area contributed by atoms with E-state index in [-0.39, 0.29) is 44.5 Å². The summed E-state index contributed by atoms with van der Waals surface area (Å²) >= 11 is 0. The predicted octanol–water partition coefficient (Wildman–Crippen LogP) is 4.92. The molecular weight excluding hydrogens is 612 g/mol. The number of nitrogens with one attached hydrogen (secondary N) is 3. The first-order valence-corrected chi connectivity index (χ1v) is 15.8. The number of para-hydroxylation sites is 1. The number of hydrogen-bond acceptors (Lipinski definition) is 7. The molecule has 4 aromatic rings. The van der Waals surface area contributed by atoms with Gasteiger partial charge in [0.15, 0.2) is 0 Å². The number of nitrogens with zero attached hydrogens (tertiary/aromatic N) is 1. The van der Waals surface area contributed by atoms with Gasteiger partial charge in [-0.25, -0.2) is 9.59 Å². The van der Waals surface area contributed by atoms with Crippen LogP contribution in [0.15, 0.2) is 109 Å². The Kier molecular flexibility index (Phi) is 10.1. The molecule has 3 atom stereocenters. The van der Waals surface area contributed by atoms with Crippen LogP contribution < -0.4 is 25.4 Å². The van der Waals surface area contributed by atoms with Crippen LogP contribution in [-0.4, -0.2) is 66.7 Å². The highest BCUT2D eigenvalue weighted by atomic mass is 16.6. The maximum absolute atomic E-state index is 14.2. The minimum Gasteiger partial charge on any atom is -0.491 e. The molecule has 0 aliphatic carbocycles. The van der Waals surface area contributed by atoms with Gasteiger partial charge >= 0.3 is 12.2 Å². The highest BCUT2D eigenvalue weighted by molar-refractivity contribution is 6.01. The molecule has 11 nitrogen and oxygen atoms in total. The second-order valence-corrected chi connectivity index (χ2v) is 11.6. The summed E-state index contributed by atoms with van der Waals surface area (Å²) in [5, 5.41) is 8.49. The average molecular weight is 649 g/mol. The van der Waals surface area contributed by atoms with Crippen molar-refractivity contribution in [2.45, 2.75) is 37.6 Å². The normalized spacial score (nSPS) is 19.2. The second-order valence-electron chi connectivity index (χ2n) is 11.6. The molecule has 48 heavy (non-hydrogen) atoms. The van der Waals surface area contributed by atoms with Gasteiger partial charge in [0.1, 0.15) is 30.8 Å². The Labute approximate surface area is 278 Å². The monoisotopic (exact) mass is 648 g/mol. The summed E-state index contributed by atoms with van der Waals surface area (Å²) in [7, 11) is 0. The van der Waals surface area contributed by atoms with E-state index < -0.39 is 30.3 Å². The van der Waals surface area contributed by atoms with Crippen molar-refractivity contribution in [2.75, 3.05) is 19.7 Å². The first-order chi connectivity index (χ1) is 23.4. The largest absolute Gasteiger partial charge is 0.491 e. The van der Waals surface area contributed by atoms with Crippen molar-refractivity contribution in [1.82, 2.24) is 20.9 Å². The molecular formula is C37H36N4O7. The molecule has 6 rings (SSSR count). The lowest BCUT2D eigenvalue weighted by atomic mass is 9.99. The molecule has 0 spiro atoms. The van der Waals surface area contributed by atoms with Gasteiger partial charge in [0.2, 0.25) is 5.91 Å². The first kappa shape index (κ1) is 32.1. The molecule has 11 heteroatoms. The molecule has 4 aromatic carbocycles. The number of rotatable bonds is 5. The van der Waals surface area contributed by atoms with Gasteiger partial charge in [-0.05, 0) is 59.9 Å². The average Bonchev–Trinajstić information content (AvgIpc) is 3.51. The van der Waals surface area contributed by atoms with Gasteiger partial charge in [-0.15, -0.1) is 0 Å². The van der Waals surface area contributed by atoms with E-state index in [1.54, 1.807) is 41.3 Å². The lowest BCUT2D eigenvalue weighted by molar-refractivity contribution is -0.135. The van der Waals surface area contributed by atoms with Gasteiger partial charge < -0.3 is 35.1 Å². The molecule has 4 amide bonds. The summed E-state index contributed by atoms with van der Waals surface area (Å²) in [6.45, 7) is 0.412. The highest BCUT2D eigenvalue weighted by Crippen LogP contribution is 2.29. The first-order valence-electron chi connectivity index (χ1n) is 15.8. The number of hydrogen-bond donors (Lipinski definition) is 3. The molecule has 3 N–H and O–H groups in total. The van der Waals surface area contributed by atoms with E-state index in [1.807, 2.05) is 72.8 Å². The van der Waals surface area contributed by atoms with Crippen molar-refractivity contribution in [1.29, 1.82) is 0 Å². The van der Waals surface area contributed by atoms with Crippen LogP contribution in [0.1, 0.15) is 28.8 Å². The van der Waals surface area contributed by atoms with Crippen molar-refractivity contribution >= 4 is 24.0 Å². The molecule has 2 heterocycles. The lowest BCUT2D eigenvalue weighted by Gasteiger charge is -2.29. The van der Waals surface area contributed by atoms with Crippen LogP contribution in [0.3, 0.4) is 0 Å². The van der Waals surface area contributed by atoms with E-state index in [1.165, 1.54) is 0 Å². The molecule has 246 valence electrons. The van der Waals surface area contributed by atoms with E-state index >= 15 is 0 Å². The fraction of sp³-hybridized carbons (Fsp3) is 0.243. The van der Waals surface area contributed by atoms with Gasteiger partial charge in [-0.2, -0.15) is 0 Å². The number of alkyl carbamates (subject to hydrolysis) is 1. The molecule has 1 fully saturated rings. The molecule has 0 radical (unpaired) electrons. The SMILES string of the molecule is O=C(N[C@@H]1CCNC(=O)c2ccccc2-c2cccc(c2)OC[C@@H]2C[C@H](NC(=O)Oc3ccccc3)CN2C1=O)OCc1ccccc1. The van der Waals surface area contributed by atoms with Crippen LogP contribution in [0.4, 0.5) is 9.59 Å². The topological polar surface area (TPSA) is 135 Å². The Morgan fingerprint density at radius 2 is 1.56 bits per heavy atom. The predicted molar refractivity (Wildman–Crippen MR) is 177 cm³/mol. The summed E-state index contributed by atoms with van der Waals surface area (Å²) in [6.07, 6.45) is -0.925. The molecule has 2 aliphatic heterocycles. The molecule has 0 aromatic heterocycles. The highest BCUT2D eigenvalue weighted by Gasteiger charge is 2.40. The number of fused-ring (bicyclic) bond motifs is 5. The van der Waals surface area contributed by atoms with Crippen LogP contribution in [0, 0.1) is 0 Å². The summed E-state index contributed by atoms with van der Waals surface area (Å²) in [5.41, 5.74) is 2.80. The Morgan fingerprint density at radius 1 is 0.833 bits per heavy atom. The molecule has 2 bridgehead atoms. The van der Waals surface area contributed by atoms with Gasteiger partial charge in [0.05, 0.1) is 12.1 Å². The molecule has 0 saturated carbocycles. The maximum atomic E-state index is 14.2. The zero-order valence-electron chi connectivity index (χ0n) is 26.2. The third kappa shape index (κ3) is 8.11. The Bertz CT molecular complexity index is 1750. The minimum absolute atomic E-state index is 0.0231. The number of benzene rings is 4. The van der Waals surface area contributed by atoms with Crippen LogP contribution in [0.5, 0.6) is 11.5 Å². The van der Waals surface area contributed by atoms with Crippen molar-refractivity contribution < 1.29 is 33.4 Å². The summed E-state index contributed by atoms with van der Waals surface area (Å²) in [6, 6.07) is 30.6. The van der Waals surface area contributed by atoms with E-state index in [2.05, 4.69) is 16.0 Å². The minimum atomic E-state index is -1.03. The summed E-state index contributed by atoms with van der Waals surface area (Å²) < 4.78 is 17.1. The quantitative estimate of drug-likeness (QED) is 0.280. The lowest BCUT2D eigenvalue weighted by Crippen LogP contribution is -2.52. The zero-order valence-corrected chi connectivity index (χ0v) is 26.2. The van der Waals surface area contributed by atoms with Gasteiger partial charge in [-0.3, -0.25) is 9.59 Å². The third-order valence-corrected chi connectivity index (χ3v) is 8.25. The van der Waals surface area contributed by atoms with Crippen molar-refractivity contribution in [3.05, 3.63) is 120 Å². The Hall–Kier alpha value is -5.84. The van der Waals surface area contributed by atoms with Gasteiger partial charge in [0.25, 0.3) is 5.91 Å². The number of ether oxygens (including phenoxy) is 3.